The van der Waals surface area contributed by atoms with Gasteiger partial charge in [-0.25, -0.2) is 0 Å². The number of aryl methyl sites for hydroxylation is 1. The van der Waals surface area contributed by atoms with Gasteiger partial charge in [0.05, 0.1) is 13.2 Å². The molecule has 24 heavy (non-hydrogen) atoms. The van der Waals surface area contributed by atoms with Crippen LogP contribution in [0.2, 0.25) is 0 Å². The number of allylic oxidation sites excluding steroid dienone is 3. The maximum absolute atomic E-state index is 10.5. The SMILES string of the molecule is Cc1cccc(COC[C@@H]2CCC=C2C/C=C\CCCC(=O)O)c1. The minimum atomic E-state index is -0.715. The summed E-state index contributed by atoms with van der Waals surface area (Å²) in [6, 6.07) is 8.46. The first-order valence-corrected chi connectivity index (χ1v) is 8.84. The van der Waals surface area contributed by atoms with E-state index in [1.807, 2.05) is 0 Å². The molecule has 0 unspecified atom stereocenters. The monoisotopic (exact) mass is 328 g/mol. The Morgan fingerprint density at radius 1 is 1.38 bits per heavy atom. The first kappa shape index (κ1) is 18.5. The predicted octanol–water partition coefficient (Wildman–Crippen LogP) is 5.05. The normalized spacial score (nSPS) is 17.4. The van der Waals surface area contributed by atoms with Crippen LogP contribution >= 0.6 is 0 Å². The van der Waals surface area contributed by atoms with E-state index < -0.39 is 5.97 Å². The van der Waals surface area contributed by atoms with Crippen molar-refractivity contribution in [3.63, 3.8) is 0 Å². The first-order chi connectivity index (χ1) is 11.6. The number of hydrogen-bond donors (Lipinski definition) is 1. The molecular formula is C21H28O3. The zero-order valence-corrected chi connectivity index (χ0v) is 14.5. The zero-order valence-electron chi connectivity index (χ0n) is 14.5. The molecular weight excluding hydrogens is 300 g/mol. The van der Waals surface area contributed by atoms with Gasteiger partial charge in [-0.1, -0.05) is 53.6 Å². The van der Waals surface area contributed by atoms with Gasteiger partial charge in [-0.05, 0) is 44.6 Å². The number of benzene rings is 1. The molecule has 0 bridgehead atoms. The van der Waals surface area contributed by atoms with Crippen molar-refractivity contribution in [2.75, 3.05) is 6.61 Å². The standard InChI is InChI=1S/C21H28O3/c1-17-8-6-9-18(14-17)15-24-16-20-12-7-11-19(20)10-4-2-3-5-13-21(22)23/h2,4,6,8-9,11,14,20H,3,5,7,10,12-13,15-16H2,1H3,(H,22,23)/b4-2-/t20-/m0/s1. The Morgan fingerprint density at radius 2 is 2.25 bits per heavy atom. The highest BCUT2D eigenvalue weighted by atomic mass is 16.5. The summed E-state index contributed by atoms with van der Waals surface area (Å²) < 4.78 is 5.93. The fraction of sp³-hybridized carbons (Fsp3) is 0.476. The molecule has 1 aromatic carbocycles. The van der Waals surface area contributed by atoms with Crippen molar-refractivity contribution in [1.29, 1.82) is 0 Å². The van der Waals surface area contributed by atoms with E-state index in [2.05, 4.69) is 49.4 Å². The van der Waals surface area contributed by atoms with Gasteiger partial charge in [0.2, 0.25) is 0 Å². The molecule has 3 heteroatoms. The number of rotatable bonds is 10. The molecule has 1 atom stereocenters. The van der Waals surface area contributed by atoms with Crippen LogP contribution < -0.4 is 0 Å². The lowest BCUT2D eigenvalue weighted by molar-refractivity contribution is -0.137. The third-order valence-corrected chi connectivity index (χ3v) is 4.40. The number of carboxylic acids is 1. The summed E-state index contributed by atoms with van der Waals surface area (Å²) in [5, 5.41) is 8.61. The molecule has 0 fully saturated rings. The third kappa shape index (κ3) is 6.71. The summed E-state index contributed by atoms with van der Waals surface area (Å²) in [5.74, 6) is -0.189. The Hall–Kier alpha value is -1.87. The van der Waals surface area contributed by atoms with Crippen molar-refractivity contribution >= 4 is 5.97 Å². The molecule has 0 amide bonds. The van der Waals surface area contributed by atoms with Crippen LogP contribution in [0.15, 0.2) is 48.1 Å². The Bertz CT molecular complexity index is 587. The topological polar surface area (TPSA) is 46.5 Å². The van der Waals surface area contributed by atoms with Gasteiger partial charge in [0.25, 0.3) is 0 Å². The van der Waals surface area contributed by atoms with E-state index in [0.717, 1.165) is 25.9 Å². The highest BCUT2D eigenvalue weighted by molar-refractivity contribution is 5.66. The molecule has 0 aliphatic heterocycles. The van der Waals surface area contributed by atoms with E-state index in [4.69, 9.17) is 9.84 Å². The second-order valence-electron chi connectivity index (χ2n) is 6.52. The van der Waals surface area contributed by atoms with Gasteiger partial charge in [-0.3, -0.25) is 4.79 Å². The number of aliphatic carboxylic acids is 1. The van der Waals surface area contributed by atoms with Crippen molar-refractivity contribution in [3.8, 4) is 0 Å². The smallest absolute Gasteiger partial charge is 0.303 e. The summed E-state index contributed by atoms with van der Waals surface area (Å²) in [6.45, 7) is 3.56. The Kier molecular flexibility index (Phi) is 7.76. The maximum atomic E-state index is 10.5. The van der Waals surface area contributed by atoms with E-state index in [0.29, 0.717) is 18.9 Å². The molecule has 1 aromatic rings. The minimum Gasteiger partial charge on any atom is -0.481 e. The Balaban J connectivity index is 1.67. The molecule has 0 saturated carbocycles. The van der Waals surface area contributed by atoms with E-state index in [1.54, 1.807) is 0 Å². The quantitative estimate of drug-likeness (QED) is 0.483. The average Bonchev–Trinajstić information content (AvgIpc) is 2.98. The lowest BCUT2D eigenvalue weighted by atomic mass is 9.99. The van der Waals surface area contributed by atoms with Gasteiger partial charge >= 0.3 is 5.97 Å². The summed E-state index contributed by atoms with van der Waals surface area (Å²) in [4.78, 5) is 10.5. The average molecular weight is 328 g/mol. The van der Waals surface area contributed by atoms with Crippen LogP contribution in [0, 0.1) is 12.8 Å². The van der Waals surface area contributed by atoms with Crippen LogP contribution in [0.5, 0.6) is 0 Å². The molecule has 2 rings (SSSR count). The zero-order chi connectivity index (χ0) is 17.2. The van der Waals surface area contributed by atoms with Gasteiger partial charge in [0, 0.05) is 12.3 Å². The van der Waals surface area contributed by atoms with Crippen molar-refractivity contribution < 1.29 is 14.6 Å². The molecule has 1 N–H and O–H groups in total. The number of hydrogen-bond acceptors (Lipinski definition) is 2. The third-order valence-electron chi connectivity index (χ3n) is 4.40. The highest BCUT2D eigenvalue weighted by Crippen LogP contribution is 2.29. The first-order valence-electron chi connectivity index (χ1n) is 8.84. The molecule has 1 aliphatic rings. The van der Waals surface area contributed by atoms with Gasteiger partial charge in [-0.2, -0.15) is 0 Å². The molecule has 0 saturated heterocycles. The van der Waals surface area contributed by atoms with E-state index in [1.165, 1.54) is 23.1 Å². The van der Waals surface area contributed by atoms with Gasteiger partial charge < -0.3 is 9.84 Å². The number of carboxylic acid groups (broad SMARTS) is 1. The van der Waals surface area contributed by atoms with Gasteiger partial charge in [-0.15, -0.1) is 0 Å². The van der Waals surface area contributed by atoms with Crippen LogP contribution in [-0.2, 0) is 16.1 Å². The molecule has 0 heterocycles. The van der Waals surface area contributed by atoms with Gasteiger partial charge in [0.1, 0.15) is 0 Å². The van der Waals surface area contributed by atoms with Gasteiger partial charge in [0.15, 0.2) is 0 Å². The summed E-state index contributed by atoms with van der Waals surface area (Å²) in [5.41, 5.74) is 3.97. The summed E-state index contributed by atoms with van der Waals surface area (Å²) in [6.07, 6.45) is 11.7. The molecule has 0 aromatic heterocycles. The predicted molar refractivity (Wildman–Crippen MR) is 96.9 cm³/mol. The second kappa shape index (κ2) is 10.1. The largest absolute Gasteiger partial charge is 0.481 e. The fourth-order valence-corrected chi connectivity index (χ4v) is 3.09. The van der Waals surface area contributed by atoms with E-state index >= 15 is 0 Å². The van der Waals surface area contributed by atoms with E-state index in [-0.39, 0.29) is 6.42 Å². The van der Waals surface area contributed by atoms with Crippen molar-refractivity contribution in [3.05, 3.63) is 59.2 Å². The Morgan fingerprint density at radius 3 is 3.04 bits per heavy atom. The van der Waals surface area contributed by atoms with Crippen LogP contribution in [-0.4, -0.2) is 17.7 Å². The molecule has 0 spiro atoms. The lowest BCUT2D eigenvalue weighted by Gasteiger charge is -2.14. The minimum absolute atomic E-state index is 0.252. The fourth-order valence-electron chi connectivity index (χ4n) is 3.09. The maximum Gasteiger partial charge on any atom is 0.303 e. The number of carbonyl (C=O) groups is 1. The lowest BCUT2D eigenvalue weighted by Crippen LogP contribution is -2.09. The van der Waals surface area contributed by atoms with Crippen LogP contribution in [0.3, 0.4) is 0 Å². The van der Waals surface area contributed by atoms with Crippen LogP contribution in [0.25, 0.3) is 0 Å². The summed E-state index contributed by atoms with van der Waals surface area (Å²) >= 11 is 0. The Labute approximate surface area is 145 Å². The summed E-state index contributed by atoms with van der Waals surface area (Å²) in [7, 11) is 0. The number of ether oxygens (including phenoxy) is 1. The number of unbranched alkanes of at least 4 members (excludes halogenated alkanes) is 1. The molecule has 3 nitrogen and oxygen atoms in total. The second-order valence-corrected chi connectivity index (χ2v) is 6.52. The van der Waals surface area contributed by atoms with Crippen LogP contribution in [0.1, 0.15) is 49.7 Å². The highest BCUT2D eigenvalue weighted by Gasteiger charge is 2.18. The van der Waals surface area contributed by atoms with E-state index in [9.17, 15) is 4.79 Å². The van der Waals surface area contributed by atoms with Crippen LogP contribution in [0.4, 0.5) is 0 Å². The van der Waals surface area contributed by atoms with Crippen molar-refractivity contribution in [2.24, 2.45) is 5.92 Å². The molecule has 130 valence electrons. The van der Waals surface area contributed by atoms with Crippen molar-refractivity contribution in [1.82, 2.24) is 0 Å². The molecule has 0 radical (unpaired) electrons. The molecule has 1 aliphatic carbocycles. The van der Waals surface area contributed by atoms with Crippen molar-refractivity contribution in [2.45, 2.75) is 52.1 Å².